The van der Waals surface area contributed by atoms with Crippen LogP contribution >= 0.6 is 15.9 Å². The molecule has 2 aromatic carbocycles. The molecule has 3 nitrogen and oxygen atoms in total. The van der Waals surface area contributed by atoms with E-state index in [1.807, 2.05) is 39.0 Å². The summed E-state index contributed by atoms with van der Waals surface area (Å²) in [5.41, 5.74) is 1.70. The first-order valence-electron chi connectivity index (χ1n) is 8.32. The van der Waals surface area contributed by atoms with Crippen LogP contribution in [0.25, 0.3) is 0 Å². The van der Waals surface area contributed by atoms with Gasteiger partial charge in [0, 0.05) is 10.0 Å². The van der Waals surface area contributed by atoms with Crippen LogP contribution in [0.3, 0.4) is 0 Å². The number of halogens is 2. The van der Waals surface area contributed by atoms with Crippen LogP contribution in [0.5, 0.6) is 0 Å². The molecule has 0 spiro atoms. The number of carbonyl (C=O) groups excluding carboxylic acids is 1. The van der Waals surface area contributed by atoms with Gasteiger partial charge in [0.1, 0.15) is 11.4 Å². The first-order valence-corrected chi connectivity index (χ1v) is 9.11. The van der Waals surface area contributed by atoms with Gasteiger partial charge in [-0.05, 0) is 57.4 Å². The Hall–Kier alpha value is -1.88. The van der Waals surface area contributed by atoms with Crippen LogP contribution in [0, 0.1) is 5.82 Å². The van der Waals surface area contributed by atoms with Gasteiger partial charge in [0.05, 0.1) is 11.7 Å². The highest BCUT2D eigenvalue weighted by Gasteiger charge is 2.36. The number of benzene rings is 2. The molecule has 0 fully saturated rings. The van der Waals surface area contributed by atoms with E-state index in [1.54, 1.807) is 23.1 Å². The smallest absolute Gasteiger partial charge is 0.415 e. The number of amides is 1. The van der Waals surface area contributed by atoms with Crippen molar-refractivity contribution in [1.82, 2.24) is 0 Å². The molecule has 25 heavy (non-hydrogen) atoms. The van der Waals surface area contributed by atoms with Crippen molar-refractivity contribution >= 4 is 27.7 Å². The van der Waals surface area contributed by atoms with Crippen molar-refractivity contribution in [3.05, 3.63) is 63.9 Å². The second kappa shape index (κ2) is 6.79. The lowest BCUT2D eigenvalue weighted by Crippen LogP contribution is -2.42. The van der Waals surface area contributed by atoms with Crippen LogP contribution in [0.1, 0.15) is 44.4 Å². The third kappa shape index (κ3) is 3.71. The van der Waals surface area contributed by atoms with Crippen LogP contribution in [0.4, 0.5) is 14.9 Å². The highest BCUT2D eigenvalue weighted by molar-refractivity contribution is 9.10. The summed E-state index contributed by atoms with van der Waals surface area (Å²) < 4.78 is 21.0. The maximum absolute atomic E-state index is 14.4. The van der Waals surface area contributed by atoms with Gasteiger partial charge in [0.2, 0.25) is 0 Å². The van der Waals surface area contributed by atoms with Crippen molar-refractivity contribution in [3.63, 3.8) is 0 Å². The van der Waals surface area contributed by atoms with Gasteiger partial charge in [-0.25, -0.2) is 9.18 Å². The molecule has 1 heterocycles. The Morgan fingerprint density at radius 2 is 1.92 bits per heavy atom. The second-order valence-corrected chi connectivity index (χ2v) is 8.02. The maximum atomic E-state index is 14.4. The average molecular weight is 406 g/mol. The molecular weight excluding hydrogens is 385 g/mol. The zero-order chi connectivity index (χ0) is 18.2. The number of ether oxygens (including phenoxy) is 1. The lowest BCUT2D eigenvalue weighted by molar-refractivity contribution is 0.0559. The highest BCUT2D eigenvalue weighted by atomic mass is 79.9. The zero-order valence-corrected chi connectivity index (χ0v) is 16.1. The SMILES string of the molecule is CC(C)(C)OC(=O)N1c2cccc(Br)c2CCC1c1ccccc1F. The molecule has 0 bridgehead atoms. The fourth-order valence-corrected chi connectivity index (χ4v) is 3.73. The van der Waals surface area contributed by atoms with Crippen LogP contribution in [-0.2, 0) is 11.2 Å². The van der Waals surface area contributed by atoms with Gasteiger partial charge in [-0.1, -0.05) is 40.2 Å². The van der Waals surface area contributed by atoms with E-state index in [9.17, 15) is 9.18 Å². The summed E-state index contributed by atoms with van der Waals surface area (Å²) >= 11 is 3.56. The van der Waals surface area contributed by atoms with Crippen LogP contribution in [0.2, 0.25) is 0 Å². The van der Waals surface area contributed by atoms with Crippen molar-refractivity contribution in [2.45, 2.75) is 45.3 Å². The lowest BCUT2D eigenvalue weighted by atomic mass is 9.91. The number of carbonyl (C=O) groups is 1. The fourth-order valence-electron chi connectivity index (χ4n) is 3.18. The van der Waals surface area contributed by atoms with E-state index < -0.39 is 17.7 Å². The molecule has 0 radical (unpaired) electrons. The third-order valence-electron chi connectivity index (χ3n) is 4.19. The Bertz CT molecular complexity index is 801. The molecule has 1 aliphatic rings. The monoisotopic (exact) mass is 405 g/mol. The number of anilines is 1. The quantitative estimate of drug-likeness (QED) is 0.580. The van der Waals surface area contributed by atoms with Gasteiger partial charge >= 0.3 is 6.09 Å². The maximum Gasteiger partial charge on any atom is 0.415 e. The Morgan fingerprint density at radius 1 is 1.20 bits per heavy atom. The molecule has 0 N–H and O–H groups in total. The van der Waals surface area contributed by atoms with E-state index in [1.165, 1.54) is 6.07 Å². The standard InChI is InChI=1S/C20H21BrFNO2/c1-20(2,3)25-19(24)23-17-10-6-8-15(21)13(17)11-12-18(23)14-7-4-5-9-16(14)22/h4-10,18H,11-12H2,1-3H3. The van der Waals surface area contributed by atoms with Gasteiger partial charge in [0.15, 0.2) is 0 Å². The van der Waals surface area contributed by atoms with Gasteiger partial charge in [-0.15, -0.1) is 0 Å². The minimum atomic E-state index is -0.625. The summed E-state index contributed by atoms with van der Waals surface area (Å²) in [5, 5.41) is 0. The first kappa shape index (κ1) is 17.9. The summed E-state index contributed by atoms with van der Waals surface area (Å²) in [6.45, 7) is 5.48. The number of fused-ring (bicyclic) bond motifs is 1. The fraction of sp³-hybridized carbons (Fsp3) is 0.350. The summed E-state index contributed by atoms with van der Waals surface area (Å²) in [7, 11) is 0. The summed E-state index contributed by atoms with van der Waals surface area (Å²) in [5.74, 6) is -0.306. The van der Waals surface area contributed by atoms with Crippen molar-refractivity contribution in [2.75, 3.05) is 4.90 Å². The number of nitrogens with zero attached hydrogens (tertiary/aromatic N) is 1. The summed E-state index contributed by atoms with van der Waals surface area (Å²) in [4.78, 5) is 14.5. The van der Waals surface area contributed by atoms with Crippen molar-refractivity contribution < 1.29 is 13.9 Å². The molecule has 132 valence electrons. The predicted molar refractivity (Wildman–Crippen MR) is 100 cm³/mol. The third-order valence-corrected chi connectivity index (χ3v) is 4.93. The van der Waals surface area contributed by atoms with E-state index in [4.69, 9.17) is 4.74 Å². The Labute approximate surface area is 155 Å². The summed E-state index contributed by atoms with van der Waals surface area (Å²) in [6.07, 6.45) is 0.935. The zero-order valence-electron chi connectivity index (χ0n) is 14.6. The van der Waals surface area contributed by atoms with Gasteiger partial charge < -0.3 is 4.74 Å². The predicted octanol–water partition coefficient (Wildman–Crippen LogP) is 6.02. The minimum Gasteiger partial charge on any atom is -0.443 e. The van der Waals surface area contributed by atoms with Crippen molar-refractivity contribution in [3.8, 4) is 0 Å². The van der Waals surface area contributed by atoms with Crippen molar-refractivity contribution in [1.29, 1.82) is 0 Å². The molecule has 3 rings (SSSR count). The number of hydrogen-bond donors (Lipinski definition) is 0. The Morgan fingerprint density at radius 3 is 2.60 bits per heavy atom. The molecule has 1 amide bonds. The molecule has 0 aromatic heterocycles. The van der Waals surface area contributed by atoms with Crippen LogP contribution in [0.15, 0.2) is 46.9 Å². The largest absolute Gasteiger partial charge is 0.443 e. The molecule has 0 aliphatic carbocycles. The molecule has 5 heteroatoms. The topological polar surface area (TPSA) is 29.5 Å². The molecule has 0 saturated carbocycles. The van der Waals surface area contributed by atoms with E-state index >= 15 is 0 Å². The van der Waals surface area contributed by atoms with Crippen LogP contribution < -0.4 is 4.90 Å². The van der Waals surface area contributed by atoms with E-state index in [0.717, 1.165) is 22.1 Å². The molecular formula is C20H21BrFNO2. The number of hydrogen-bond acceptors (Lipinski definition) is 2. The van der Waals surface area contributed by atoms with E-state index in [2.05, 4.69) is 15.9 Å². The van der Waals surface area contributed by atoms with Gasteiger partial charge in [-0.2, -0.15) is 0 Å². The molecule has 0 saturated heterocycles. The molecule has 1 atom stereocenters. The first-order chi connectivity index (χ1) is 11.8. The molecule has 1 unspecified atom stereocenters. The highest BCUT2D eigenvalue weighted by Crippen LogP contribution is 2.42. The molecule has 1 aliphatic heterocycles. The Kier molecular flexibility index (Phi) is 4.87. The number of rotatable bonds is 1. The lowest BCUT2D eigenvalue weighted by Gasteiger charge is -2.38. The second-order valence-electron chi connectivity index (χ2n) is 7.16. The van der Waals surface area contributed by atoms with Gasteiger partial charge in [-0.3, -0.25) is 4.90 Å². The Balaban J connectivity index is 2.09. The normalized spacial score (nSPS) is 17.2. The van der Waals surface area contributed by atoms with Crippen molar-refractivity contribution in [2.24, 2.45) is 0 Å². The average Bonchev–Trinajstić information content (AvgIpc) is 2.53. The van der Waals surface area contributed by atoms with E-state index in [0.29, 0.717) is 12.0 Å². The van der Waals surface area contributed by atoms with Crippen LogP contribution in [-0.4, -0.2) is 11.7 Å². The van der Waals surface area contributed by atoms with Gasteiger partial charge in [0.25, 0.3) is 0 Å². The molecule has 2 aromatic rings. The summed E-state index contributed by atoms with van der Waals surface area (Å²) in [6, 6.07) is 11.9. The minimum absolute atomic E-state index is 0.306. The van der Waals surface area contributed by atoms with E-state index in [-0.39, 0.29) is 5.82 Å².